The molecule has 2 aliphatic rings. The molecule has 2 heterocycles. The van der Waals surface area contributed by atoms with Crippen LogP contribution >= 0.6 is 23.4 Å². The lowest BCUT2D eigenvalue weighted by atomic mass is 9.97. The lowest BCUT2D eigenvalue weighted by Crippen LogP contribution is -2.33. The molecule has 1 aliphatic carbocycles. The maximum absolute atomic E-state index is 6.02. The summed E-state index contributed by atoms with van der Waals surface area (Å²) >= 11 is 8.00. The number of allylic oxidation sites excluding steroid dienone is 1. The fraction of sp³-hybridized carbons (Fsp3) is 0.333. The lowest BCUT2D eigenvalue weighted by molar-refractivity contribution is 0.268. The highest BCUT2D eigenvalue weighted by Crippen LogP contribution is 2.38. The molecular formula is C27H28ClN3S. The van der Waals surface area contributed by atoms with Gasteiger partial charge in [-0.15, -0.1) is 0 Å². The van der Waals surface area contributed by atoms with Crippen LogP contribution in [-0.4, -0.2) is 28.0 Å². The van der Waals surface area contributed by atoms with Crippen LogP contribution < -0.4 is 0 Å². The van der Waals surface area contributed by atoms with Crippen LogP contribution in [-0.2, 0) is 13.0 Å². The Labute approximate surface area is 199 Å². The van der Waals surface area contributed by atoms with E-state index in [9.17, 15) is 0 Å². The Balaban J connectivity index is 1.30. The molecule has 2 aromatic carbocycles. The van der Waals surface area contributed by atoms with Crippen LogP contribution in [0.25, 0.3) is 11.4 Å². The first kappa shape index (κ1) is 21.7. The average Bonchev–Trinajstić information content (AvgIpc) is 2.82. The summed E-state index contributed by atoms with van der Waals surface area (Å²) in [6.07, 6.45) is 8.06. The Kier molecular flexibility index (Phi) is 6.63. The Morgan fingerprint density at radius 1 is 0.969 bits per heavy atom. The van der Waals surface area contributed by atoms with Crippen LogP contribution in [0.1, 0.15) is 42.5 Å². The minimum absolute atomic E-state index is 0.735. The molecule has 0 amide bonds. The fourth-order valence-electron chi connectivity index (χ4n) is 4.50. The predicted molar refractivity (Wildman–Crippen MR) is 134 cm³/mol. The molecule has 0 unspecified atom stereocenters. The normalized spacial score (nSPS) is 16.8. The summed E-state index contributed by atoms with van der Waals surface area (Å²) in [6, 6.07) is 16.7. The molecule has 32 heavy (non-hydrogen) atoms. The first-order valence-electron chi connectivity index (χ1n) is 11.4. The summed E-state index contributed by atoms with van der Waals surface area (Å²) in [4.78, 5) is 15.0. The molecule has 0 spiro atoms. The van der Waals surface area contributed by atoms with E-state index in [-0.39, 0.29) is 0 Å². The first-order chi connectivity index (χ1) is 15.6. The minimum atomic E-state index is 0.735. The molecule has 0 bridgehead atoms. The van der Waals surface area contributed by atoms with E-state index in [0.717, 1.165) is 42.5 Å². The van der Waals surface area contributed by atoms with E-state index < -0.39 is 0 Å². The second-order valence-electron chi connectivity index (χ2n) is 8.78. The maximum atomic E-state index is 6.02. The van der Waals surface area contributed by atoms with E-state index in [0.29, 0.717) is 0 Å². The molecule has 5 rings (SSSR count). The molecule has 5 heteroatoms. The molecule has 3 nitrogen and oxygen atoms in total. The Morgan fingerprint density at radius 2 is 1.75 bits per heavy atom. The quantitative estimate of drug-likeness (QED) is 0.405. The molecule has 0 saturated heterocycles. The van der Waals surface area contributed by atoms with Crippen molar-refractivity contribution in [3.63, 3.8) is 0 Å². The summed E-state index contributed by atoms with van der Waals surface area (Å²) in [5.41, 5.74) is 6.42. The van der Waals surface area contributed by atoms with Gasteiger partial charge in [-0.25, -0.2) is 9.97 Å². The number of aryl methyl sites for hydroxylation is 1. The number of halogens is 1. The monoisotopic (exact) mass is 461 g/mol. The van der Waals surface area contributed by atoms with Crippen LogP contribution in [0.15, 0.2) is 70.1 Å². The molecule has 164 valence electrons. The van der Waals surface area contributed by atoms with E-state index in [1.54, 1.807) is 10.5 Å². The standard InChI is InChI=1S/C27H28ClN3S/c1-19-6-12-24(13-7-19)32-26-5-3-2-4-21(26)17-31-15-14-25-22(18-31)16-29-27(30-25)20-8-10-23(28)11-9-20/h6-13,16H,2-5,14-15,17-18H2,1H3. The zero-order chi connectivity index (χ0) is 21.9. The highest BCUT2D eigenvalue weighted by atomic mass is 35.5. The summed E-state index contributed by atoms with van der Waals surface area (Å²) in [5.74, 6) is 0.792. The topological polar surface area (TPSA) is 29.0 Å². The number of benzene rings is 2. The van der Waals surface area contributed by atoms with E-state index in [2.05, 4.69) is 41.1 Å². The number of aromatic nitrogens is 2. The number of fused-ring (bicyclic) bond motifs is 1. The minimum Gasteiger partial charge on any atom is -0.295 e. The van der Waals surface area contributed by atoms with Crippen LogP contribution in [0, 0.1) is 6.92 Å². The van der Waals surface area contributed by atoms with E-state index in [4.69, 9.17) is 16.6 Å². The highest BCUT2D eigenvalue weighted by Gasteiger charge is 2.22. The van der Waals surface area contributed by atoms with E-state index >= 15 is 0 Å². The highest BCUT2D eigenvalue weighted by molar-refractivity contribution is 8.03. The molecule has 0 N–H and O–H groups in total. The van der Waals surface area contributed by atoms with Crippen molar-refractivity contribution >= 4 is 23.4 Å². The van der Waals surface area contributed by atoms with Gasteiger partial charge in [0.1, 0.15) is 0 Å². The van der Waals surface area contributed by atoms with Crippen molar-refractivity contribution in [2.75, 3.05) is 13.1 Å². The fourth-order valence-corrected chi connectivity index (χ4v) is 5.74. The van der Waals surface area contributed by atoms with Gasteiger partial charge < -0.3 is 0 Å². The van der Waals surface area contributed by atoms with Gasteiger partial charge in [-0.1, -0.05) is 41.1 Å². The van der Waals surface area contributed by atoms with Gasteiger partial charge in [0.15, 0.2) is 5.82 Å². The molecule has 0 atom stereocenters. The molecular weight excluding hydrogens is 434 g/mol. The van der Waals surface area contributed by atoms with Gasteiger partial charge in [0.2, 0.25) is 0 Å². The molecule has 0 radical (unpaired) electrons. The van der Waals surface area contributed by atoms with E-state index in [1.807, 2.05) is 42.2 Å². The Hall–Kier alpha value is -2.14. The largest absolute Gasteiger partial charge is 0.295 e. The molecule has 3 aromatic rings. The van der Waals surface area contributed by atoms with Gasteiger partial charge in [-0.3, -0.25) is 4.90 Å². The number of hydrogen-bond acceptors (Lipinski definition) is 4. The number of rotatable bonds is 5. The zero-order valence-electron chi connectivity index (χ0n) is 18.5. The molecule has 0 saturated carbocycles. The lowest BCUT2D eigenvalue weighted by Gasteiger charge is -2.31. The van der Waals surface area contributed by atoms with Gasteiger partial charge in [0.25, 0.3) is 0 Å². The third kappa shape index (κ3) is 5.09. The van der Waals surface area contributed by atoms with Crippen LogP contribution in [0.4, 0.5) is 0 Å². The van der Waals surface area contributed by atoms with Gasteiger partial charge in [0, 0.05) is 53.3 Å². The molecule has 1 aromatic heterocycles. The van der Waals surface area contributed by atoms with Crippen molar-refractivity contribution < 1.29 is 0 Å². The van der Waals surface area contributed by atoms with Crippen LogP contribution in [0.5, 0.6) is 0 Å². The second kappa shape index (κ2) is 9.78. The SMILES string of the molecule is Cc1ccc(SC2=C(CN3CCc4nc(-c5ccc(Cl)cc5)ncc4C3)CCCC2)cc1. The summed E-state index contributed by atoms with van der Waals surface area (Å²) < 4.78 is 0. The third-order valence-corrected chi connectivity index (χ3v) is 7.82. The number of thioether (sulfide) groups is 1. The van der Waals surface area contributed by atoms with Crippen molar-refractivity contribution in [2.24, 2.45) is 0 Å². The third-order valence-electron chi connectivity index (χ3n) is 6.32. The van der Waals surface area contributed by atoms with Crippen molar-refractivity contribution in [3.8, 4) is 11.4 Å². The first-order valence-corrected chi connectivity index (χ1v) is 12.6. The molecule has 1 aliphatic heterocycles. The van der Waals surface area contributed by atoms with E-state index in [1.165, 1.54) is 47.4 Å². The summed E-state index contributed by atoms with van der Waals surface area (Å²) in [6.45, 7) is 5.20. The smallest absolute Gasteiger partial charge is 0.159 e. The van der Waals surface area contributed by atoms with Gasteiger partial charge in [0.05, 0.1) is 5.69 Å². The molecule has 0 fully saturated rings. The van der Waals surface area contributed by atoms with Gasteiger partial charge in [-0.05, 0) is 79.5 Å². The second-order valence-corrected chi connectivity index (χ2v) is 10.4. The van der Waals surface area contributed by atoms with Crippen molar-refractivity contribution in [1.82, 2.24) is 14.9 Å². The summed E-state index contributed by atoms with van der Waals surface area (Å²) in [5, 5.41) is 0.735. The van der Waals surface area contributed by atoms with Gasteiger partial charge in [-0.2, -0.15) is 0 Å². The predicted octanol–water partition coefficient (Wildman–Crippen LogP) is 7.08. The Morgan fingerprint density at radius 3 is 2.56 bits per heavy atom. The average molecular weight is 462 g/mol. The Bertz CT molecular complexity index is 1120. The summed E-state index contributed by atoms with van der Waals surface area (Å²) in [7, 11) is 0. The van der Waals surface area contributed by atoms with Crippen molar-refractivity contribution in [3.05, 3.63) is 87.0 Å². The maximum Gasteiger partial charge on any atom is 0.159 e. The zero-order valence-corrected chi connectivity index (χ0v) is 20.1. The van der Waals surface area contributed by atoms with Crippen molar-refractivity contribution in [2.45, 2.75) is 50.5 Å². The number of nitrogens with zero attached hydrogens (tertiary/aromatic N) is 3. The number of hydrogen-bond donors (Lipinski definition) is 0. The van der Waals surface area contributed by atoms with Crippen molar-refractivity contribution in [1.29, 1.82) is 0 Å². The van der Waals surface area contributed by atoms with Crippen LogP contribution in [0.2, 0.25) is 5.02 Å². The van der Waals surface area contributed by atoms with Crippen LogP contribution in [0.3, 0.4) is 0 Å². The van der Waals surface area contributed by atoms with Gasteiger partial charge >= 0.3 is 0 Å².